The van der Waals surface area contributed by atoms with Crippen LogP contribution in [-0.4, -0.2) is 123 Å². The fourth-order valence-corrected chi connectivity index (χ4v) is 9.32. The summed E-state index contributed by atoms with van der Waals surface area (Å²) in [4.78, 5) is 97.6. The Kier molecular flexibility index (Phi) is 12.3. The largest absolute Gasteiger partial charge is 0.361 e. The number of H-pyrrole nitrogens is 1. The van der Waals surface area contributed by atoms with Gasteiger partial charge in [-0.15, -0.1) is 0 Å². The zero-order valence-electron chi connectivity index (χ0n) is 33.5. The van der Waals surface area contributed by atoms with Crippen molar-refractivity contribution in [3.05, 3.63) is 71.9 Å². The topological polar surface area (TPSA) is 155 Å². The summed E-state index contributed by atoms with van der Waals surface area (Å²) in [5, 5.41) is 6.98. The average Bonchev–Trinajstić information content (AvgIpc) is 3.91. The number of rotatable bonds is 6. The Balaban J connectivity index is 1.30. The fraction of sp³-hybridized carbons (Fsp3) is 0.545. The molecule has 0 aliphatic carbocycles. The summed E-state index contributed by atoms with van der Waals surface area (Å²) >= 11 is 0. The van der Waals surface area contributed by atoms with E-state index in [1.807, 2.05) is 74.6 Å². The van der Waals surface area contributed by atoms with Gasteiger partial charge in [-0.25, -0.2) is 0 Å². The van der Waals surface area contributed by atoms with Crippen LogP contribution in [0.2, 0.25) is 0 Å². The van der Waals surface area contributed by atoms with Gasteiger partial charge in [0.1, 0.15) is 36.3 Å². The maximum atomic E-state index is 14.8. The first-order valence-electron chi connectivity index (χ1n) is 20.9. The van der Waals surface area contributed by atoms with E-state index in [1.54, 1.807) is 21.7 Å². The molecule has 0 radical (unpaired) electrons. The van der Waals surface area contributed by atoms with Gasteiger partial charge in [-0.05, 0) is 74.5 Å². The minimum absolute atomic E-state index is 0.138. The Bertz CT molecular complexity index is 1970. The summed E-state index contributed by atoms with van der Waals surface area (Å²) in [7, 11) is 1.63. The molecule has 4 saturated heterocycles. The number of likely N-dealkylation sites (N-methyl/N-ethyl adjacent to an activating group) is 1. The minimum Gasteiger partial charge on any atom is -0.361 e. The molecule has 2 aromatic carbocycles. The van der Waals surface area contributed by atoms with Crippen LogP contribution >= 0.6 is 0 Å². The Morgan fingerprint density at radius 3 is 1.98 bits per heavy atom. The molecular formula is C44H57N7O6. The predicted octanol–water partition coefficient (Wildman–Crippen LogP) is 3.56. The molecule has 0 unspecified atom stereocenters. The monoisotopic (exact) mass is 779 g/mol. The zero-order chi connectivity index (χ0) is 40.2. The van der Waals surface area contributed by atoms with Crippen molar-refractivity contribution in [2.45, 2.75) is 121 Å². The third kappa shape index (κ3) is 8.29. The van der Waals surface area contributed by atoms with Crippen LogP contribution in [0.3, 0.4) is 0 Å². The maximum absolute atomic E-state index is 14.8. The number of benzene rings is 2. The van der Waals surface area contributed by atoms with Gasteiger partial charge in [0.2, 0.25) is 35.4 Å². The van der Waals surface area contributed by atoms with Crippen LogP contribution in [0.25, 0.3) is 10.9 Å². The van der Waals surface area contributed by atoms with Crippen molar-refractivity contribution in [1.82, 2.24) is 35.2 Å². The molecular weight excluding hydrogens is 723 g/mol. The van der Waals surface area contributed by atoms with Crippen molar-refractivity contribution < 1.29 is 28.8 Å². The molecule has 3 N–H and O–H groups in total. The molecule has 6 amide bonds. The van der Waals surface area contributed by atoms with Crippen molar-refractivity contribution in [1.29, 1.82) is 0 Å². The lowest BCUT2D eigenvalue weighted by Gasteiger charge is -2.44. The summed E-state index contributed by atoms with van der Waals surface area (Å²) in [6, 6.07) is 11.8. The standard InChI is InChI=1S/C44H57N7O6/c1-4-28(2)38-44(57)51-23-13-11-20-36(51)42(55)50-22-12-10-19-35(50)41(54)48(3)37(25-29-15-6-5-7-16-29)43(56)49-24-14-21-34(49)40(53)46-33(39(52)47-38)26-30-27-45-32-18-9-8-17-31(30)32/h5-9,15-18,27-28,33-38,45H,4,10-14,19-26H2,1-3H3,(H,46,53)(H,47,52)/t28-,33+,34-,35-,36+,37+,38-/m0/s1. The maximum Gasteiger partial charge on any atom is 0.246 e. The number of amides is 6. The number of nitrogens with one attached hydrogen (secondary N) is 3. The third-order valence-corrected chi connectivity index (χ3v) is 12.9. The number of nitrogens with zero attached hydrogens (tertiary/aromatic N) is 4. The Labute approximate surface area is 334 Å². The second kappa shape index (κ2) is 17.5. The molecule has 7 atom stereocenters. The second-order valence-corrected chi connectivity index (χ2v) is 16.4. The van der Waals surface area contributed by atoms with E-state index in [0.29, 0.717) is 58.2 Å². The SMILES string of the molecule is CC[C@H](C)[C@@H]1NC(=O)[C@@H](Cc2c[nH]c3ccccc23)NC(=O)[C@@H]2CCCN2C(=O)[C@@H](Cc2ccccc2)N(C)C(=O)[C@@H]2CCCCN2C(=O)[C@H]2CCCCN2C1=O. The van der Waals surface area contributed by atoms with Gasteiger partial charge in [0.15, 0.2) is 0 Å². The summed E-state index contributed by atoms with van der Waals surface area (Å²) in [6.07, 6.45) is 7.56. The summed E-state index contributed by atoms with van der Waals surface area (Å²) < 4.78 is 0. The molecule has 4 aliphatic heterocycles. The van der Waals surface area contributed by atoms with Crippen LogP contribution in [0.15, 0.2) is 60.8 Å². The fourth-order valence-electron chi connectivity index (χ4n) is 9.32. The van der Waals surface area contributed by atoms with E-state index in [-0.39, 0.29) is 42.4 Å². The van der Waals surface area contributed by atoms with Crippen molar-refractivity contribution in [2.24, 2.45) is 5.92 Å². The molecule has 7 rings (SSSR count). The van der Waals surface area contributed by atoms with Gasteiger partial charge < -0.3 is 35.2 Å². The quantitative estimate of drug-likeness (QED) is 0.348. The smallest absolute Gasteiger partial charge is 0.246 e. The highest BCUT2D eigenvalue weighted by atomic mass is 16.2. The van der Waals surface area contributed by atoms with E-state index >= 15 is 0 Å². The van der Waals surface area contributed by atoms with E-state index in [1.165, 1.54) is 4.90 Å². The molecule has 3 aromatic rings. The van der Waals surface area contributed by atoms with Crippen LogP contribution in [0.4, 0.5) is 0 Å². The number of hydrogen-bond acceptors (Lipinski definition) is 6. The van der Waals surface area contributed by atoms with E-state index in [0.717, 1.165) is 41.3 Å². The molecule has 4 aliphatic rings. The van der Waals surface area contributed by atoms with Crippen molar-refractivity contribution in [3.8, 4) is 0 Å². The highest BCUT2D eigenvalue weighted by Crippen LogP contribution is 2.29. The van der Waals surface area contributed by atoms with Gasteiger partial charge in [-0.1, -0.05) is 68.8 Å². The van der Waals surface area contributed by atoms with Crippen molar-refractivity contribution in [2.75, 3.05) is 26.7 Å². The summed E-state index contributed by atoms with van der Waals surface area (Å²) in [5.74, 6) is -2.51. The zero-order valence-corrected chi connectivity index (χ0v) is 33.5. The van der Waals surface area contributed by atoms with E-state index in [9.17, 15) is 28.8 Å². The number of para-hydroxylation sites is 1. The number of piperidine rings is 2. The van der Waals surface area contributed by atoms with E-state index in [4.69, 9.17) is 0 Å². The Morgan fingerprint density at radius 1 is 0.649 bits per heavy atom. The number of aromatic amines is 1. The normalized spacial score (nSPS) is 27.6. The molecule has 0 saturated carbocycles. The van der Waals surface area contributed by atoms with Crippen molar-refractivity contribution in [3.63, 3.8) is 0 Å². The van der Waals surface area contributed by atoms with Crippen LogP contribution < -0.4 is 10.6 Å². The number of carbonyl (C=O) groups is 6. The number of aromatic nitrogens is 1. The molecule has 5 heterocycles. The summed E-state index contributed by atoms with van der Waals surface area (Å²) in [6.45, 7) is 4.90. The minimum atomic E-state index is -1.08. The third-order valence-electron chi connectivity index (χ3n) is 12.9. The van der Waals surface area contributed by atoms with Crippen molar-refractivity contribution >= 4 is 46.3 Å². The van der Waals surface area contributed by atoms with E-state index < -0.39 is 48.1 Å². The number of fused-ring (bicyclic) bond motifs is 4. The number of carbonyl (C=O) groups excluding carboxylic acids is 6. The Morgan fingerprint density at radius 2 is 1.26 bits per heavy atom. The highest BCUT2D eigenvalue weighted by molar-refractivity contribution is 5.99. The van der Waals surface area contributed by atoms with Crippen LogP contribution in [0.5, 0.6) is 0 Å². The first-order valence-corrected chi connectivity index (χ1v) is 20.9. The molecule has 4 fully saturated rings. The van der Waals surface area contributed by atoms with Gasteiger partial charge in [0.25, 0.3) is 0 Å². The lowest BCUT2D eigenvalue weighted by atomic mass is 9.92. The predicted molar refractivity (Wildman–Crippen MR) is 215 cm³/mol. The number of hydrogen-bond donors (Lipinski definition) is 3. The van der Waals surface area contributed by atoms with Gasteiger partial charge in [-0.3, -0.25) is 28.8 Å². The van der Waals surface area contributed by atoms with Gasteiger partial charge in [0, 0.05) is 56.6 Å². The second-order valence-electron chi connectivity index (χ2n) is 16.4. The van der Waals surface area contributed by atoms with Gasteiger partial charge in [0.05, 0.1) is 0 Å². The lowest BCUT2D eigenvalue weighted by Crippen LogP contribution is -2.64. The lowest BCUT2D eigenvalue weighted by molar-refractivity contribution is -0.158. The highest BCUT2D eigenvalue weighted by Gasteiger charge is 2.46. The van der Waals surface area contributed by atoms with Crippen LogP contribution in [0.1, 0.15) is 82.8 Å². The molecule has 0 spiro atoms. The molecule has 57 heavy (non-hydrogen) atoms. The van der Waals surface area contributed by atoms with Gasteiger partial charge in [-0.2, -0.15) is 0 Å². The van der Waals surface area contributed by atoms with Crippen LogP contribution in [0, 0.1) is 5.92 Å². The van der Waals surface area contributed by atoms with Crippen LogP contribution in [-0.2, 0) is 41.6 Å². The van der Waals surface area contributed by atoms with Gasteiger partial charge >= 0.3 is 0 Å². The Hall–Kier alpha value is -5.20. The molecule has 1 aromatic heterocycles. The first kappa shape index (κ1) is 40.0. The molecule has 13 heteroatoms. The molecule has 13 nitrogen and oxygen atoms in total. The van der Waals surface area contributed by atoms with E-state index in [2.05, 4.69) is 15.6 Å². The average molecular weight is 780 g/mol. The first-order chi connectivity index (χ1) is 27.6. The molecule has 304 valence electrons. The summed E-state index contributed by atoms with van der Waals surface area (Å²) in [5.41, 5.74) is 2.57. The molecule has 0 bridgehead atoms.